The molecule has 0 bridgehead atoms. The van der Waals surface area contributed by atoms with Crippen molar-refractivity contribution in [3.63, 3.8) is 0 Å². The van der Waals surface area contributed by atoms with Crippen molar-refractivity contribution in [3.8, 4) is 0 Å². The van der Waals surface area contributed by atoms with E-state index in [1.54, 1.807) is 0 Å². The number of halogens is 1. The number of aliphatic imine (C=N–C) groups is 1. The van der Waals surface area contributed by atoms with Crippen LogP contribution in [0.15, 0.2) is 4.99 Å². The second-order valence-corrected chi connectivity index (χ2v) is 8.50. The largest absolute Gasteiger partial charge is 0.357 e. The topological polar surface area (TPSA) is 39.7 Å². The smallest absolute Gasteiger partial charge is 0.191 e. The lowest BCUT2D eigenvalue weighted by atomic mass is 10.0. The molecule has 0 aromatic rings. The highest BCUT2D eigenvalue weighted by atomic mass is 127. The Morgan fingerprint density at radius 3 is 2.72 bits per heavy atom. The maximum Gasteiger partial charge on any atom is 0.191 e. The molecule has 2 fully saturated rings. The molecule has 1 aliphatic carbocycles. The SMILES string of the molecule is CCNC(=NCCCCN1CCCCC1C)NC1CCC(SC)C1.I. The summed E-state index contributed by atoms with van der Waals surface area (Å²) in [6.07, 6.45) is 12.8. The summed E-state index contributed by atoms with van der Waals surface area (Å²) >= 11 is 2.01. The van der Waals surface area contributed by atoms with E-state index in [1.165, 1.54) is 64.5 Å². The van der Waals surface area contributed by atoms with Gasteiger partial charge in [0.05, 0.1) is 0 Å². The maximum absolute atomic E-state index is 4.80. The minimum absolute atomic E-state index is 0. The van der Waals surface area contributed by atoms with Gasteiger partial charge in [-0.05, 0) is 78.1 Å². The predicted octanol–water partition coefficient (Wildman–Crippen LogP) is 4.10. The van der Waals surface area contributed by atoms with Crippen molar-refractivity contribution in [1.29, 1.82) is 0 Å². The van der Waals surface area contributed by atoms with Crippen LogP contribution in [0, 0.1) is 0 Å². The number of piperidine rings is 1. The highest BCUT2D eigenvalue weighted by Crippen LogP contribution is 2.28. The monoisotopic (exact) mass is 482 g/mol. The van der Waals surface area contributed by atoms with Crippen molar-refractivity contribution in [1.82, 2.24) is 15.5 Å². The third-order valence-corrected chi connectivity index (χ3v) is 6.56. The molecule has 0 amide bonds. The Morgan fingerprint density at radius 2 is 2.04 bits per heavy atom. The molecule has 2 rings (SSSR count). The van der Waals surface area contributed by atoms with Gasteiger partial charge in [-0.15, -0.1) is 24.0 Å². The van der Waals surface area contributed by atoms with E-state index >= 15 is 0 Å². The van der Waals surface area contributed by atoms with Gasteiger partial charge in [0.1, 0.15) is 0 Å². The summed E-state index contributed by atoms with van der Waals surface area (Å²) in [5.74, 6) is 1.02. The maximum atomic E-state index is 4.80. The van der Waals surface area contributed by atoms with E-state index in [0.29, 0.717) is 6.04 Å². The van der Waals surface area contributed by atoms with E-state index in [1.807, 2.05) is 11.8 Å². The Labute approximate surface area is 176 Å². The Balaban J connectivity index is 0.00000312. The second-order valence-electron chi connectivity index (χ2n) is 7.36. The van der Waals surface area contributed by atoms with Crippen LogP contribution in [-0.4, -0.2) is 60.6 Å². The van der Waals surface area contributed by atoms with Gasteiger partial charge in [-0.3, -0.25) is 4.99 Å². The molecule has 1 heterocycles. The van der Waals surface area contributed by atoms with Crippen molar-refractivity contribution >= 4 is 41.7 Å². The van der Waals surface area contributed by atoms with Crippen molar-refractivity contribution < 1.29 is 0 Å². The van der Waals surface area contributed by atoms with Crippen LogP contribution in [0.5, 0.6) is 0 Å². The van der Waals surface area contributed by atoms with E-state index in [9.17, 15) is 0 Å². The summed E-state index contributed by atoms with van der Waals surface area (Å²) in [6, 6.07) is 1.39. The standard InChI is InChI=1S/C19H38N4S.HI/c1-4-20-19(22-17-10-11-18(15-17)24-3)21-12-6-8-14-23-13-7-5-9-16(23)2;/h16-18H,4-15H2,1-3H3,(H2,20,21,22);1H. The van der Waals surface area contributed by atoms with Crippen molar-refractivity contribution in [3.05, 3.63) is 0 Å². The summed E-state index contributed by atoms with van der Waals surface area (Å²) in [5, 5.41) is 7.89. The molecule has 2 aliphatic rings. The average molecular weight is 483 g/mol. The molecule has 6 heteroatoms. The molecule has 1 saturated carbocycles. The summed E-state index contributed by atoms with van der Waals surface area (Å²) in [5.41, 5.74) is 0. The summed E-state index contributed by atoms with van der Waals surface area (Å²) in [4.78, 5) is 7.46. The number of nitrogens with zero attached hydrogens (tertiary/aromatic N) is 2. The Hall–Kier alpha value is 0.310. The molecule has 2 N–H and O–H groups in total. The quantitative estimate of drug-likeness (QED) is 0.237. The fourth-order valence-electron chi connectivity index (χ4n) is 3.91. The van der Waals surface area contributed by atoms with Crippen LogP contribution in [0.3, 0.4) is 0 Å². The number of thioether (sulfide) groups is 1. The van der Waals surface area contributed by atoms with Crippen LogP contribution in [0.25, 0.3) is 0 Å². The van der Waals surface area contributed by atoms with Crippen LogP contribution >= 0.6 is 35.7 Å². The van der Waals surface area contributed by atoms with Gasteiger partial charge in [-0.2, -0.15) is 11.8 Å². The van der Waals surface area contributed by atoms with Crippen LogP contribution in [0.1, 0.15) is 65.2 Å². The molecule has 1 saturated heterocycles. The Morgan fingerprint density at radius 1 is 1.20 bits per heavy atom. The molecular formula is C19H39IN4S. The van der Waals surface area contributed by atoms with Gasteiger partial charge in [0.2, 0.25) is 0 Å². The van der Waals surface area contributed by atoms with Gasteiger partial charge in [-0.25, -0.2) is 0 Å². The second kappa shape index (κ2) is 13.5. The third-order valence-electron chi connectivity index (χ3n) is 5.47. The van der Waals surface area contributed by atoms with Gasteiger partial charge < -0.3 is 15.5 Å². The fraction of sp³-hybridized carbons (Fsp3) is 0.947. The molecule has 0 aromatic carbocycles. The van der Waals surface area contributed by atoms with Crippen LogP contribution in [0.4, 0.5) is 0 Å². The zero-order chi connectivity index (χ0) is 17.2. The first-order chi connectivity index (χ1) is 11.7. The number of hydrogen-bond donors (Lipinski definition) is 2. The van der Waals surface area contributed by atoms with Crippen molar-refractivity contribution in [2.24, 2.45) is 4.99 Å². The molecule has 0 aromatic heterocycles. The van der Waals surface area contributed by atoms with Gasteiger partial charge in [-0.1, -0.05) is 6.42 Å². The average Bonchev–Trinajstić information content (AvgIpc) is 3.04. The van der Waals surface area contributed by atoms with Gasteiger partial charge in [0, 0.05) is 30.4 Å². The van der Waals surface area contributed by atoms with Crippen LogP contribution in [-0.2, 0) is 0 Å². The number of likely N-dealkylation sites (tertiary alicyclic amines) is 1. The lowest BCUT2D eigenvalue weighted by molar-refractivity contribution is 0.158. The van der Waals surface area contributed by atoms with Crippen LogP contribution < -0.4 is 10.6 Å². The molecule has 148 valence electrons. The highest BCUT2D eigenvalue weighted by Gasteiger charge is 2.24. The molecule has 25 heavy (non-hydrogen) atoms. The van der Waals surface area contributed by atoms with E-state index in [4.69, 9.17) is 4.99 Å². The molecule has 4 nitrogen and oxygen atoms in total. The lowest BCUT2D eigenvalue weighted by Crippen LogP contribution is -2.42. The molecule has 3 atom stereocenters. The van der Waals surface area contributed by atoms with E-state index < -0.39 is 0 Å². The number of nitrogens with one attached hydrogen (secondary N) is 2. The summed E-state index contributed by atoms with van der Waals surface area (Å²) < 4.78 is 0. The van der Waals surface area contributed by atoms with Gasteiger partial charge in [0.25, 0.3) is 0 Å². The zero-order valence-electron chi connectivity index (χ0n) is 16.4. The Kier molecular flexibility index (Phi) is 12.6. The van der Waals surface area contributed by atoms with E-state index in [0.717, 1.165) is 30.3 Å². The number of rotatable bonds is 8. The fourth-order valence-corrected chi connectivity index (χ4v) is 4.70. The first-order valence-electron chi connectivity index (χ1n) is 10.0. The third kappa shape index (κ3) is 8.69. The van der Waals surface area contributed by atoms with Crippen LogP contribution in [0.2, 0.25) is 0 Å². The molecule has 0 spiro atoms. The predicted molar refractivity (Wildman–Crippen MR) is 124 cm³/mol. The number of hydrogen-bond acceptors (Lipinski definition) is 3. The number of guanidine groups is 1. The summed E-state index contributed by atoms with van der Waals surface area (Å²) in [7, 11) is 0. The first kappa shape index (κ1) is 23.3. The normalized spacial score (nSPS) is 27.8. The van der Waals surface area contributed by atoms with E-state index in [2.05, 4.69) is 35.6 Å². The van der Waals surface area contributed by atoms with Crippen molar-refractivity contribution in [2.75, 3.05) is 32.4 Å². The minimum Gasteiger partial charge on any atom is -0.357 e. The Bertz CT molecular complexity index is 380. The molecule has 3 unspecified atom stereocenters. The molecular weight excluding hydrogens is 443 g/mol. The number of unbranched alkanes of at least 4 members (excludes halogenated alkanes) is 1. The zero-order valence-corrected chi connectivity index (χ0v) is 19.6. The first-order valence-corrected chi connectivity index (χ1v) is 11.3. The van der Waals surface area contributed by atoms with E-state index in [-0.39, 0.29) is 24.0 Å². The lowest BCUT2D eigenvalue weighted by Gasteiger charge is -2.33. The molecule has 1 aliphatic heterocycles. The minimum atomic E-state index is 0. The van der Waals surface area contributed by atoms with Crippen molar-refractivity contribution in [2.45, 2.75) is 82.5 Å². The molecule has 0 radical (unpaired) electrons. The summed E-state index contributed by atoms with van der Waals surface area (Å²) in [6.45, 7) is 8.96. The van der Waals surface area contributed by atoms with Gasteiger partial charge in [0.15, 0.2) is 5.96 Å². The van der Waals surface area contributed by atoms with Gasteiger partial charge >= 0.3 is 0 Å². The highest BCUT2D eigenvalue weighted by molar-refractivity contribution is 14.0.